The average molecular weight is 340 g/mol. The topological polar surface area (TPSA) is 45.2 Å². The summed E-state index contributed by atoms with van der Waals surface area (Å²) in [7, 11) is 0. The van der Waals surface area contributed by atoms with Gasteiger partial charge in [0, 0.05) is 23.8 Å². The van der Waals surface area contributed by atoms with E-state index >= 15 is 0 Å². The molecule has 1 amide bonds. The van der Waals surface area contributed by atoms with E-state index in [9.17, 15) is 4.79 Å². The van der Waals surface area contributed by atoms with Gasteiger partial charge in [0.2, 0.25) is 0 Å². The van der Waals surface area contributed by atoms with Gasteiger partial charge in [0.15, 0.2) is 0 Å². The molecule has 1 fully saturated rings. The minimum atomic E-state index is -0.0944. The molecule has 0 bridgehead atoms. The van der Waals surface area contributed by atoms with E-state index in [0.29, 0.717) is 18.2 Å². The second-order valence-corrected chi connectivity index (χ2v) is 6.45. The molecular weight excluding hydrogens is 318 g/mol. The summed E-state index contributed by atoms with van der Waals surface area (Å²) in [5, 5.41) is 2.96. The average Bonchev–Trinajstić information content (AvgIpc) is 2.46. The van der Waals surface area contributed by atoms with Crippen LogP contribution in [0.3, 0.4) is 0 Å². The van der Waals surface area contributed by atoms with Gasteiger partial charge in [-0.15, -0.1) is 0 Å². The third-order valence-electron chi connectivity index (χ3n) is 3.59. The molecule has 0 spiro atoms. The predicted octanol–water partition coefficient (Wildman–Crippen LogP) is 2.70. The molecule has 110 valence electrons. The Morgan fingerprint density at radius 1 is 1.40 bits per heavy atom. The van der Waals surface area contributed by atoms with Gasteiger partial charge in [-0.25, -0.2) is 4.98 Å². The van der Waals surface area contributed by atoms with Gasteiger partial charge in [-0.2, -0.15) is 0 Å². The molecule has 1 saturated heterocycles. The van der Waals surface area contributed by atoms with E-state index in [0.717, 1.165) is 11.0 Å². The van der Waals surface area contributed by atoms with Crippen LogP contribution in [0.2, 0.25) is 0 Å². The van der Waals surface area contributed by atoms with Crippen LogP contribution in [0, 0.1) is 5.92 Å². The molecule has 5 heteroatoms. The number of amides is 1. The SMILES string of the molecule is CC(CNC(=O)c1ccc(Br)cn1)CN1CCCCC1. The van der Waals surface area contributed by atoms with E-state index in [-0.39, 0.29) is 5.91 Å². The molecule has 2 rings (SSSR count). The Balaban J connectivity index is 1.73. The molecule has 0 aromatic carbocycles. The molecule has 0 saturated carbocycles. The monoisotopic (exact) mass is 339 g/mol. The quantitative estimate of drug-likeness (QED) is 0.896. The molecule has 0 aliphatic carbocycles. The molecule has 20 heavy (non-hydrogen) atoms. The van der Waals surface area contributed by atoms with Gasteiger partial charge < -0.3 is 10.2 Å². The Morgan fingerprint density at radius 2 is 2.15 bits per heavy atom. The molecule has 1 atom stereocenters. The number of aromatic nitrogens is 1. The van der Waals surface area contributed by atoms with Gasteiger partial charge in [0.25, 0.3) is 5.91 Å². The Hall–Kier alpha value is -0.940. The van der Waals surface area contributed by atoms with Crippen LogP contribution >= 0.6 is 15.9 Å². The molecule has 1 aromatic heterocycles. The van der Waals surface area contributed by atoms with Crippen molar-refractivity contribution < 1.29 is 4.79 Å². The van der Waals surface area contributed by atoms with Crippen LogP contribution in [0.4, 0.5) is 0 Å². The van der Waals surface area contributed by atoms with E-state index in [1.807, 2.05) is 6.07 Å². The van der Waals surface area contributed by atoms with Crippen LogP contribution in [0.25, 0.3) is 0 Å². The number of hydrogen-bond donors (Lipinski definition) is 1. The lowest BCUT2D eigenvalue weighted by atomic mass is 10.1. The van der Waals surface area contributed by atoms with Crippen LogP contribution in [-0.4, -0.2) is 42.0 Å². The first kappa shape index (κ1) is 15.4. The highest BCUT2D eigenvalue weighted by Gasteiger charge is 2.14. The Bertz CT molecular complexity index is 429. The second kappa shape index (κ2) is 7.74. The second-order valence-electron chi connectivity index (χ2n) is 5.54. The zero-order valence-electron chi connectivity index (χ0n) is 11.9. The first-order valence-corrected chi connectivity index (χ1v) is 8.06. The number of nitrogens with zero attached hydrogens (tertiary/aromatic N) is 2. The van der Waals surface area contributed by atoms with Crippen molar-refractivity contribution in [3.8, 4) is 0 Å². The lowest BCUT2D eigenvalue weighted by Gasteiger charge is -2.29. The minimum Gasteiger partial charge on any atom is -0.350 e. The number of carbonyl (C=O) groups excluding carboxylic acids is 1. The molecular formula is C15H22BrN3O. The number of carbonyl (C=O) groups is 1. The Labute approximate surface area is 129 Å². The van der Waals surface area contributed by atoms with Crippen molar-refractivity contribution in [2.24, 2.45) is 5.92 Å². The molecule has 1 N–H and O–H groups in total. The summed E-state index contributed by atoms with van der Waals surface area (Å²) in [6, 6.07) is 3.56. The first-order chi connectivity index (χ1) is 9.65. The molecule has 1 aliphatic rings. The summed E-state index contributed by atoms with van der Waals surface area (Å²) in [6.45, 7) is 6.35. The zero-order chi connectivity index (χ0) is 14.4. The van der Waals surface area contributed by atoms with E-state index in [1.165, 1.54) is 32.4 Å². The van der Waals surface area contributed by atoms with E-state index in [1.54, 1.807) is 12.3 Å². The smallest absolute Gasteiger partial charge is 0.269 e. The summed E-state index contributed by atoms with van der Waals surface area (Å²) in [5.74, 6) is 0.371. The summed E-state index contributed by atoms with van der Waals surface area (Å²) >= 11 is 3.31. The van der Waals surface area contributed by atoms with Crippen molar-refractivity contribution in [1.82, 2.24) is 15.2 Å². The van der Waals surface area contributed by atoms with Gasteiger partial charge >= 0.3 is 0 Å². The molecule has 0 radical (unpaired) electrons. The summed E-state index contributed by atoms with van der Waals surface area (Å²) in [4.78, 5) is 18.6. The third kappa shape index (κ3) is 4.87. The molecule has 1 aromatic rings. The van der Waals surface area contributed by atoms with Crippen LogP contribution in [-0.2, 0) is 0 Å². The van der Waals surface area contributed by atoms with E-state index in [4.69, 9.17) is 0 Å². The van der Waals surface area contributed by atoms with Crippen LogP contribution in [0.5, 0.6) is 0 Å². The molecule has 2 heterocycles. The Morgan fingerprint density at radius 3 is 2.80 bits per heavy atom. The highest BCUT2D eigenvalue weighted by molar-refractivity contribution is 9.10. The van der Waals surface area contributed by atoms with Gasteiger partial charge in [-0.3, -0.25) is 4.79 Å². The Kier molecular flexibility index (Phi) is 5.98. The normalized spacial score (nSPS) is 17.7. The number of rotatable bonds is 5. The van der Waals surface area contributed by atoms with Gasteiger partial charge in [0.1, 0.15) is 5.69 Å². The van der Waals surface area contributed by atoms with Crippen LogP contribution < -0.4 is 5.32 Å². The highest BCUT2D eigenvalue weighted by Crippen LogP contribution is 2.11. The summed E-state index contributed by atoms with van der Waals surface area (Å²) in [5.41, 5.74) is 0.471. The van der Waals surface area contributed by atoms with Crippen LogP contribution in [0.15, 0.2) is 22.8 Å². The number of piperidine rings is 1. The third-order valence-corrected chi connectivity index (χ3v) is 4.06. The fraction of sp³-hybridized carbons (Fsp3) is 0.600. The fourth-order valence-electron chi connectivity index (χ4n) is 2.51. The van der Waals surface area contributed by atoms with Crippen molar-refractivity contribution in [2.75, 3.05) is 26.2 Å². The fourth-order valence-corrected chi connectivity index (χ4v) is 2.75. The number of nitrogens with one attached hydrogen (secondary N) is 1. The van der Waals surface area contributed by atoms with Crippen molar-refractivity contribution in [2.45, 2.75) is 26.2 Å². The highest BCUT2D eigenvalue weighted by atomic mass is 79.9. The number of likely N-dealkylation sites (tertiary alicyclic amines) is 1. The summed E-state index contributed by atoms with van der Waals surface area (Å²) < 4.78 is 0.882. The predicted molar refractivity (Wildman–Crippen MR) is 83.7 cm³/mol. The zero-order valence-corrected chi connectivity index (χ0v) is 13.5. The van der Waals surface area contributed by atoms with Crippen molar-refractivity contribution >= 4 is 21.8 Å². The van der Waals surface area contributed by atoms with Crippen molar-refractivity contribution in [3.63, 3.8) is 0 Å². The number of halogens is 1. The lowest BCUT2D eigenvalue weighted by molar-refractivity contribution is 0.0937. The lowest BCUT2D eigenvalue weighted by Crippen LogP contribution is -2.38. The van der Waals surface area contributed by atoms with Crippen LogP contribution in [0.1, 0.15) is 36.7 Å². The van der Waals surface area contributed by atoms with E-state index < -0.39 is 0 Å². The molecule has 4 nitrogen and oxygen atoms in total. The first-order valence-electron chi connectivity index (χ1n) is 7.27. The largest absolute Gasteiger partial charge is 0.350 e. The molecule has 1 aliphatic heterocycles. The molecule has 1 unspecified atom stereocenters. The van der Waals surface area contributed by atoms with Gasteiger partial charge in [-0.1, -0.05) is 13.3 Å². The number of hydrogen-bond acceptors (Lipinski definition) is 3. The minimum absolute atomic E-state index is 0.0944. The maximum atomic E-state index is 12.0. The maximum absolute atomic E-state index is 12.0. The summed E-state index contributed by atoms with van der Waals surface area (Å²) in [6.07, 6.45) is 5.62. The van der Waals surface area contributed by atoms with Crippen molar-refractivity contribution in [3.05, 3.63) is 28.5 Å². The van der Waals surface area contributed by atoms with Gasteiger partial charge in [-0.05, 0) is 59.9 Å². The standard InChI is InChI=1S/C15H22BrN3O/c1-12(11-19-7-3-2-4-8-19)9-18-15(20)14-6-5-13(16)10-17-14/h5-6,10,12H,2-4,7-9,11H2,1H3,(H,18,20). The maximum Gasteiger partial charge on any atom is 0.269 e. The number of pyridine rings is 1. The van der Waals surface area contributed by atoms with Gasteiger partial charge in [0.05, 0.1) is 0 Å². The van der Waals surface area contributed by atoms with E-state index in [2.05, 4.69) is 38.1 Å². The van der Waals surface area contributed by atoms with Crippen molar-refractivity contribution in [1.29, 1.82) is 0 Å².